The Morgan fingerprint density at radius 2 is 1.59 bits per heavy atom. The lowest BCUT2D eigenvalue weighted by Crippen LogP contribution is -1.82. The van der Waals surface area contributed by atoms with Crippen LogP contribution in [0.15, 0.2) is 78.0 Å². The van der Waals surface area contributed by atoms with Crippen molar-refractivity contribution in [3.8, 4) is 22.5 Å². The summed E-state index contributed by atoms with van der Waals surface area (Å²) in [6, 6.07) is 20.6. The van der Waals surface area contributed by atoms with Crippen LogP contribution in [0, 0.1) is 0 Å². The maximum atomic E-state index is 4.80. The van der Waals surface area contributed by atoms with Gasteiger partial charge in [-0.15, -0.1) is 0 Å². The van der Waals surface area contributed by atoms with Gasteiger partial charge in [0.05, 0.1) is 11.4 Å². The molecule has 3 rings (SSSR count). The number of aromatic nitrogens is 2. The minimum atomic E-state index is 0.871. The van der Waals surface area contributed by atoms with E-state index in [2.05, 4.69) is 35.8 Å². The van der Waals surface area contributed by atoms with E-state index in [4.69, 9.17) is 4.98 Å². The molecule has 0 aliphatic heterocycles. The van der Waals surface area contributed by atoms with E-state index >= 15 is 0 Å². The summed E-state index contributed by atoms with van der Waals surface area (Å²) in [4.78, 5) is 8.26. The number of hydrogen-bond donors (Lipinski definition) is 1. The lowest BCUT2D eigenvalue weighted by molar-refractivity contribution is 1.06. The van der Waals surface area contributed by atoms with Crippen molar-refractivity contribution in [2.45, 2.75) is 12.1 Å². The highest BCUT2D eigenvalue weighted by atomic mass is 32.2. The smallest absolute Gasteiger partial charge is 0.166 e. The van der Waals surface area contributed by atoms with Crippen LogP contribution in [0.1, 0.15) is 6.92 Å². The maximum absolute atomic E-state index is 4.80. The lowest BCUT2D eigenvalue weighted by atomic mass is 10.1. The molecular weight excluding hydrogens is 288 g/mol. The summed E-state index contributed by atoms with van der Waals surface area (Å²) >= 11 is 1.69. The second-order valence-electron chi connectivity index (χ2n) is 5.24. The molecule has 2 aromatic carbocycles. The lowest BCUT2D eigenvalue weighted by Gasteiger charge is -2.02. The number of nitrogens with zero attached hydrogens (tertiary/aromatic N) is 1. The van der Waals surface area contributed by atoms with Crippen LogP contribution in [-0.4, -0.2) is 15.7 Å². The van der Waals surface area contributed by atoms with Crippen molar-refractivity contribution in [3.05, 3.63) is 72.8 Å². The summed E-state index contributed by atoms with van der Waals surface area (Å²) < 4.78 is 0. The van der Waals surface area contributed by atoms with Crippen LogP contribution >= 0.6 is 11.8 Å². The van der Waals surface area contributed by atoms with Gasteiger partial charge in [-0.25, -0.2) is 4.98 Å². The van der Waals surface area contributed by atoms with Gasteiger partial charge in [0, 0.05) is 16.9 Å². The summed E-state index contributed by atoms with van der Waals surface area (Å²) in [6.07, 6.45) is 0. The van der Waals surface area contributed by atoms with Crippen LogP contribution in [-0.2, 0) is 0 Å². The number of imidazole rings is 1. The molecule has 0 radical (unpaired) electrons. The molecule has 0 amide bonds. The molecule has 1 heterocycles. The molecule has 0 saturated carbocycles. The van der Waals surface area contributed by atoms with Crippen LogP contribution < -0.4 is 0 Å². The van der Waals surface area contributed by atoms with E-state index in [-0.39, 0.29) is 0 Å². The van der Waals surface area contributed by atoms with E-state index in [1.165, 1.54) is 0 Å². The van der Waals surface area contributed by atoms with Crippen molar-refractivity contribution >= 4 is 11.8 Å². The summed E-state index contributed by atoms with van der Waals surface area (Å²) in [5.74, 6) is 0.871. The van der Waals surface area contributed by atoms with Crippen molar-refractivity contribution in [2.24, 2.45) is 0 Å². The molecule has 22 heavy (non-hydrogen) atoms. The standard InChI is InChI=1S/C19H18N2S/c1-14(2)13-22-19-20-17(15-9-5-3-6-10-15)18(21-19)16-11-7-4-8-12-16/h3-12H,1,13H2,2H3,(H,20,21). The van der Waals surface area contributed by atoms with Gasteiger partial charge in [-0.2, -0.15) is 0 Å². The molecule has 1 N–H and O–H groups in total. The average molecular weight is 306 g/mol. The molecule has 0 aliphatic carbocycles. The number of H-pyrrole nitrogens is 1. The second-order valence-corrected chi connectivity index (χ2v) is 6.21. The number of nitrogens with one attached hydrogen (secondary N) is 1. The number of rotatable bonds is 5. The minimum absolute atomic E-state index is 0.871. The zero-order chi connectivity index (χ0) is 15.4. The van der Waals surface area contributed by atoms with Crippen LogP contribution in [0.3, 0.4) is 0 Å². The molecule has 2 nitrogen and oxygen atoms in total. The fourth-order valence-electron chi connectivity index (χ4n) is 2.23. The van der Waals surface area contributed by atoms with Crippen molar-refractivity contribution in [1.82, 2.24) is 9.97 Å². The van der Waals surface area contributed by atoms with E-state index in [1.807, 2.05) is 43.3 Å². The van der Waals surface area contributed by atoms with Gasteiger partial charge in [-0.1, -0.05) is 84.6 Å². The van der Waals surface area contributed by atoms with Gasteiger partial charge in [0.15, 0.2) is 5.16 Å². The molecule has 0 atom stereocenters. The third-order valence-corrected chi connectivity index (χ3v) is 4.35. The first kappa shape index (κ1) is 14.7. The molecule has 0 fully saturated rings. The van der Waals surface area contributed by atoms with Crippen molar-refractivity contribution in [1.29, 1.82) is 0 Å². The van der Waals surface area contributed by atoms with E-state index in [1.54, 1.807) is 11.8 Å². The highest BCUT2D eigenvalue weighted by molar-refractivity contribution is 7.99. The van der Waals surface area contributed by atoms with Gasteiger partial charge in [-0.05, 0) is 6.92 Å². The van der Waals surface area contributed by atoms with Gasteiger partial charge < -0.3 is 4.98 Å². The van der Waals surface area contributed by atoms with Gasteiger partial charge in [-0.3, -0.25) is 0 Å². The van der Waals surface area contributed by atoms with E-state index in [0.717, 1.165) is 39.0 Å². The van der Waals surface area contributed by atoms with E-state index in [9.17, 15) is 0 Å². The van der Waals surface area contributed by atoms with Gasteiger partial charge in [0.2, 0.25) is 0 Å². The first-order valence-electron chi connectivity index (χ1n) is 7.22. The Hall–Kier alpha value is -2.26. The van der Waals surface area contributed by atoms with Gasteiger partial charge >= 0.3 is 0 Å². The normalized spacial score (nSPS) is 10.6. The zero-order valence-corrected chi connectivity index (χ0v) is 13.4. The first-order chi connectivity index (χ1) is 10.7. The number of benzene rings is 2. The second kappa shape index (κ2) is 6.67. The molecule has 0 saturated heterocycles. The maximum Gasteiger partial charge on any atom is 0.166 e. The quantitative estimate of drug-likeness (QED) is 0.504. The molecule has 110 valence electrons. The van der Waals surface area contributed by atoms with Crippen molar-refractivity contribution < 1.29 is 0 Å². The Morgan fingerprint density at radius 3 is 2.18 bits per heavy atom. The molecular formula is C19H18N2S. The van der Waals surface area contributed by atoms with Crippen LogP contribution in [0.4, 0.5) is 0 Å². The fraction of sp³-hybridized carbons (Fsp3) is 0.105. The summed E-state index contributed by atoms with van der Waals surface area (Å²) in [7, 11) is 0. The monoisotopic (exact) mass is 306 g/mol. The summed E-state index contributed by atoms with van der Waals surface area (Å²) in [6.45, 7) is 5.99. The third kappa shape index (κ3) is 3.31. The molecule has 3 heteroatoms. The van der Waals surface area contributed by atoms with Crippen LogP contribution in [0.2, 0.25) is 0 Å². The Morgan fingerprint density at radius 1 is 1.00 bits per heavy atom. The Balaban J connectivity index is 2.04. The van der Waals surface area contributed by atoms with Crippen molar-refractivity contribution in [2.75, 3.05) is 5.75 Å². The number of thioether (sulfide) groups is 1. The van der Waals surface area contributed by atoms with Crippen LogP contribution in [0.25, 0.3) is 22.5 Å². The number of aromatic amines is 1. The Kier molecular flexibility index (Phi) is 4.45. The molecule has 0 aliphatic rings. The van der Waals surface area contributed by atoms with Gasteiger partial charge in [0.25, 0.3) is 0 Å². The predicted octanol–water partition coefficient (Wildman–Crippen LogP) is 5.41. The zero-order valence-electron chi connectivity index (χ0n) is 12.5. The molecule has 0 unspecified atom stereocenters. The average Bonchev–Trinajstić information content (AvgIpc) is 2.99. The Bertz CT molecular complexity index is 704. The SMILES string of the molecule is C=C(C)CSc1nc(-c2ccccc2)c(-c2ccccc2)[nH]1. The van der Waals surface area contributed by atoms with Crippen molar-refractivity contribution in [3.63, 3.8) is 0 Å². The van der Waals surface area contributed by atoms with E-state index < -0.39 is 0 Å². The number of hydrogen-bond acceptors (Lipinski definition) is 2. The molecule has 0 spiro atoms. The topological polar surface area (TPSA) is 28.7 Å². The summed E-state index contributed by atoms with van der Waals surface area (Å²) in [5.41, 5.74) is 5.48. The van der Waals surface area contributed by atoms with Gasteiger partial charge in [0.1, 0.15) is 0 Å². The first-order valence-corrected chi connectivity index (χ1v) is 8.20. The molecule has 1 aromatic heterocycles. The summed E-state index contributed by atoms with van der Waals surface area (Å²) in [5, 5.41) is 0.931. The van der Waals surface area contributed by atoms with E-state index in [0.29, 0.717) is 0 Å². The third-order valence-electron chi connectivity index (χ3n) is 3.25. The van der Waals surface area contributed by atoms with Crippen LogP contribution in [0.5, 0.6) is 0 Å². The molecule has 0 bridgehead atoms. The predicted molar refractivity (Wildman–Crippen MR) is 95.0 cm³/mol. The fourth-order valence-corrected chi connectivity index (χ4v) is 2.94. The highest BCUT2D eigenvalue weighted by Gasteiger charge is 2.14. The highest BCUT2D eigenvalue weighted by Crippen LogP contribution is 2.32. The largest absolute Gasteiger partial charge is 0.332 e. The molecule has 3 aromatic rings. The Labute approximate surface area is 135 Å². The minimum Gasteiger partial charge on any atom is -0.332 e.